The van der Waals surface area contributed by atoms with Crippen molar-refractivity contribution in [1.29, 1.82) is 0 Å². The first kappa shape index (κ1) is 13.8. The molecule has 19 heavy (non-hydrogen) atoms. The number of pyridine rings is 1. The van der Waals surface area contributed by atoms with Gasteiger partial charge in [-0.3, -0.25) is 4.98 Å². The third kappa shape index (κ3) is 2.56. The fourth-order valence-corrected chi connectivity index (χ4v) is 2.77. The van der Waals surface area contributed by atoms with Crippen molar-refractivity contribution in [2.75, 3.05) is 7.05 Å². The van der Waals surface area contributed by atoms with Crippen LogP contribution in [0.5, 0.6) is 0 Å². The van der Waals surface area contributed by atoms with Gasteiger partial charge in [-0.05, 0) is 51.1 Å². The van der Waals surface area contributed by atoms with Crippen molar-refractivity contribution in [3.8, 4) is 0 Å². The van der Waals surface area contributed by atoms with E-state index >= 15 is 0 Å². The van der Waals surface area contributed by atoms with Gasteiger partial charge in [0.05, 0.1) is 0 Å². The maximum atomic E-state index is 5.76. The average Bonchev–Trinajstić information content (AvgIpc) is 2.67. The van der Waals surface area contributed by atoms with Crippen LogP contribution in [0.15, 0.2) is 28.9 Å². The van der Waals surface area contributed by atoms with Crippen LogP contribution in [0.1, 0.15) is 47.1 Å². The van der Waals surface area contributed by atoms with Crippen LogP contribution in [0, 0.1) is 20.8 Å². The summed E-state index contributed by atoms with van der Waals surface area (Å²) in [4.78, 5) is 4.09. The van der Waals surface area contributed by atoms with Crippen LogP contribution in [-0.4, -0.2) is 12.0 Å². The Bertz CT molecular complexity index is 545. The van der Waals surface area contributed by atoms with E-state index in [4.69, 9.17) is 4.42 Å². The molecule has 0 fully saturated rings. The first-order valence-electron chi connectivity index (χ1n) is 6.70. The van der Waals surface area contributed by atoms with Gasteiger partial charge in [0.2, 0.25) is 0 Å². The summed E-state index contributed by atoms with van der Waals surface area (Å²) >= 11 is 0. The molecule has 1 N–H and O–H groups in total. The minimum absolute atomic E-state index is 0.250. The molecular formula is C16H22N2O. The lowest BCUT2D eigenvalue weighted by Crippen LogP contribution is -2.23. The average molecular weight is 258 g/mol. The predicted octanol–water partition coefficient (Wildman–Crippen LogP) is 3.66. The largest absolute Gasteiger partial charge is 0.466 e. The smallest absolute Gasteiger partial charge is 0.106 e. The first-order chi connectivity index (χ1) is 9.06. The van der Waals surface area contributed by atoms with Crippen molar-refractivity contribution in [1.82, 2.24) is 10.3 Å². The van der Waals surface area contributed by atoms with Crippen molar-refractivity contribution in [3.63, 3.8) is 0 Å². The predicted molar refractivity (Wildman–Crippen MR) is 77.4 cm³/mol. The van der Waals surface area contributed by atoms with Crippen molar-refractivity contribution in [2.45, 2.75) is 39.7 Å². The van der Waals surface area contributed by atoms with Gasteiger partial charge in [0, 0.05) is 29.9 Å². The van der Waals surface area contributed by atoms with Gasteiger partial charge in [0.15, 0.2) is 0 Å². The van der Waals surface area contributed by atoms with Crippen LogP contribution in [0.25, 0.3) is 0 Å². The van der Waals surface area contributed by atoms with Crippen LogP contribution in [0.3, 0.4) is 0 Å². The van der Waals surface area contributed by atoms with Crippen LogP contribution >= 0.6 is 0 Å². The van der Waals surface area contributed by atoms with Crippen LogP contribution < -0.4 is 5.32 Å². The standard InChI is InChI=1S/C16H22N2O/c1-10-12(3)19-13(4)15(10)16(17-5)11(2)14-6-8-18-9-7-14/h6-9,11,16-17H,1-5H3. The molecule has 102 valence electrons. The number of aromatic nitrogens is 1. The van der Waals surface area contributed by atoms with Crippen molar-refractivity contribution in [2.24, 2.45) is 0 Å². The van der Waals surface area contributed by atoms with Gasteiger partial charge in [0.25, 0.3) is 0 Å². The van der Waals surface area contributed by atoms with Gasteiger partial charge in [-0.15, -0.1) is 0 Å². The lowest BCUT2D eigenvalue weighted by atomic mass is 9.87. The molecule has 0 amide bonds. The normalized spacial score (nSPS) is 14.4. The van der Waals surface area contributed by atoms with E-state index in [2.05, 4.69) is 36.3 Å². The van der Waals surface area contributed by atoms with Crippen LogP contribution in [0.2, 0.25) is 0 Å². The number of hydrogen-bond acceptors (Lipinski definition) is 3. The lowest BCUT2D eigenvalue weighted by molar-refractivity contribution is 0.470. The molecule has 0 aromatic carbocycles. The molecule has 2 rings (SSSR count). The van der Waals surface area contributed by atoms with Crippen molar-refractivity contribution < 1.29 is 4.42 Å². The molecule has 0 saturated heterocycles. The Kier molecular flexibility index (Phi) is 4.05. The minimum atomic E-state index is 0.250. The van der Waals surface area contributed by atoms with E-state index in [0.717, 1.165) is 11.5 Å². The second kappa shape index (κ2) is 5.57. The Balaban J connectivity index is 2.40. The Labute approximate surface area is 115 Å². The van der Waals surface area contributed by atoms with E-state index in [1.165, 1.54) is 16.7 Å². The summed E-state index contributed by atoms with van der Waals surface area (Å²) in [5.74, 6) is 2.38. The molecule has 2 atom stereocenters. The number of hydrogen-bond donors (Lipinski definition) is 1. The number of furan rings is 1. The van der Waals surface area contributed by atoms with Gasteiger partial charge in [-0.1, -0.05) is 6.92 Å². The molecule has 2 aromatic heterocycles. The molecule has 0 aliphatic carbocycles. The minimum Gasteiger partial charge on any atom is -0.466 e. The maximum Gasteiger partial charge on any atom is 0.106 e. The highest BCUT2D eigenvalue weighted by molar-refractivity contribution is 5.37. The lowest BCUT2D eigenvalue weighted by Gasteiger charge is -2.24. The van der Waals surface area contributed by atoms with E-state index < -0.39 is 0 Å². The topological polar surface area (TPSA) is 38.1 Å². The number of rotatable bonds is 4. The SMILES string of the molecule is CNC(c1c(C)oc(C)c1C)C(C)c1ccncc1. The summed E-state index contributed by atoms with van der Waals surface area (Å²) in [6.07, 6.45) is 3.69. The van der Waals surface area contributed by atoms with E-state index in [1.54, 1.807) is 0 Å². The summed E-state index contributed by atoms with van der Waals surface area (Å²) in [6, 6.07) is 4.40. The number of aryl methyl sites for hydroxylation is 2. The summed E-state index contributed by atoms with van der Waals surface area (Å²) < 4.78 is 5.76. The highest BCUT2D eigenvalue weighted by Crippen LogP contribution is 2.35. The zero-order chi connectivity index (χ0) is 14.0. The molecule has 0 spiro atoms. The first-order valence-corrected chi connectivity index (χ1v) is 6.70. The van der Waals surface area contributed by atoms with Crippen molar-refractivity contribution in [3.05, 3.63) is 52.7 Å². The molecule has 0 saturated carbocycles. The molecule has 2 aromatic rings. The van der Waals surface area contributed by atoms with Gasteiger partial charge in [-0.25, -0.2) is 0 Å². The fourth-order valence-electron chi connectivity index (χ4n) is 2.77. The van der Waals surface area contributed by atoms with E-state index in [0.29, 0.717) is 5.92 Å². The molecule has 2 unspecified atom stereocenters. The number of nitrogens with one attached hydrogen (secondary N) is 1. The molecule has 0 bridgehead atoms. The Hall–Kier alpha value is -1.61. The quantitative estimate of drug-likeness (QED) is 0.909. The Morgan fingerprint density at radius 1 is 1.11 bits per heavy atom. The molecule has 3 heteroatoms. The summed E-state index contributed by atoms with van der Waals surface area (Å²) in [5.41, 5.74) is 3.81. The Morgan fingerprint density at radius 3 is 2.21 bits per heavy atom. The highest BCUT2D eigenvalue weighted by atomic mass is 16.3. The van der Waals surface area contributed by atoms with Gasteiger partial charge in [0.1, 0.15) is 11.5 Å². The van der Waals surface area contributed by atoms with Crippen molar-refractivity contribution >= 4 is 0 Å². The third-order valence-corrected chi connectivity index (χ3v) is 3.97. The number of likely N-dealkylation sites (N-methyl/N-ethyl adjacent to an activating group) is 1. The summed E-state index contributed by atoms with van der Waals surface area (Å²) in [7, 11) is 2.00. The maximum absolute atomic E-state index is 5.76. The third-order valence-electron chi connectivity index (χ3n) is 3.97. The van der Waals surface area contributed by atoms with Gasteiger partial charge in [-0.2, -0.15) is 0 Å². The number of nitrogens with zero attached hydrogens (tertiary/aromatic N) is 1. The van der Waals surface area contributed by atoms with Crippen LogP contribution in [0.4, 0.5) is 0 Å². The van der Waals surface area contributed by atoms with Crippen LogP contribution in [-0.2, 0) is 0 Å². The van der Waals surface area contributed by atoms with Gasteiger partial charge < -0.3 is 9.73 Å². The summed E-state index contributed by atoms with van der Waals surface area (Å²) in [5, 5.41) is 3.43. The molecule has 0 radical (unpaired) electrons. The van der Waals surface area contributed by atoms with E-state index in [-0.39, 0.29) is 6.04 Å². The van der Waals surface area contributed by atoms with Gasteiger partial charge >= 0.3 is 0 Å². The Morgan fingerprint density at radius 2 is 1.74 bits per heavy atom. The fraction of sp³-hybridized carbons (Fsp3) is 0.438. The molecule has 0 aliphatic heterocycles. The summed E-state index contributed by atoms with van der Waals surface area (Å²) in [6.45, 7) is 8.43. The molecular weight excluding hydrogens is 236 g/mol. The second-order valence-corrected chi connectivity index (χ2v) is 5.09. The monoisotopic (exact) mass is 258 g/mol. The highest BCUT2D eigenvalue weighted by Gasteiger charge is 2.25. The zero-order valence-corrected chi connectivity index (χ0v) is 12.3. The molecule has 2 heterocycles. The molecule has 3 nitrogen and oxygen atoms in total. The van der Waals surface area contributed by atoms with E-state index in [9.17, 15) is 0 Å². The molecule has 0 aliphatic rings. The second-order valence-electron chi connectivity index (χ2n) is 5.09. The van der Waals surface area contributed by atoms with E-state index in [1.807, 2.05) is 33.3 Å². The zero-order valence-electron chi connectivity index (χ0n) is 12.3.